The molecule has 0 aliphatic rings. The molecule has 0 saturated heterocycles. The summed E-state index contributed by atoms with van der Waals surface area (Å²) in [5.41, 5.74) is 2.35. The highest BCUT2D eigenvalue weighted by Gasteiger charge is 1.90. The zero-order chi connectivity index (χ0) is 10.4. The lowest BCUT2D eigenvalue weighted by Crippen LogP contribution is -1.77. The lowest BCUT2D eigenvalue weighted by molar-refractivity contribution is 0.448. The number of aryl methyl sites for hydroxylation is 1. The van der Waals surface area contributed by atoms with Crippen molar-refractivity contribution in [3.63, 3.8) is 0 Å². The van der Waals surface area contributed by atoms with Crippen LogP contribution in [0.5, 0.6) is 0 Å². The Hall–Kier alpha value is -1.39. The number of nitrogens with zero attached hydrogens (tertiary/aromatic N) is 1. The molecular formula is C10H12BNO2. The minimum atomic E-state index is -0.750. The Kier molecular flexibility index (Phi) is 4.10. The molecule has 72 valence electrons. The standard InChI is InChI=1S/C10H9N.BH3O2/c1-8-4-5-10-9(7-8)3-2-6-11-10;2-1-3/h2-7H,1H3;1-3H. The molecular weight excluding hydrogens is 177 g/mol. The van der Waals surface area contributed by atoms with Crippen molar-refractivity contribution in [1.82, 2.24) is 4.98 Å². The highest BCUT2D eigenvalue weighted by Crippen LogP contribution is 2.11. The van der Waals surface area contributed by atoms with Gasteiger partial charge < -0.3 is 10.0 Å². The van der Waals surface area contributed by atoms with Crippen molar-refractivity contribution in [2.24, 2.45) is 0 Å². The third-order valence-electron chi connectivity index (χ3n) is 1.76. The third-order valence-corrected chi connectivity index (χ3v) is 1.76. The van der Waals surface area contributed by atoms with Crippen molar-refractivity contribution >= 4 is 18.6 Å². The highest BCUT2D eigenvalue weighted by molar-refractivity contribution is 6.13. The summed E-state index contributed by atoms with van der Waals surface area (Å²) in [6.07, 6.45) is 1.82. The summed E-state index contributed by atoms with van der Waals surface area (Å²) in [6, 6.07) is 10.3. The summed E-state index contributed by atoms with van der Waals surface area (Å²) in [7, 11) is -0.750. The summed E-state index contributed by atoms with van der Waals surface area (Å²) in [5, 5.41) is 15.5. The lowest BCUT2D eigenvalue weighted by Gasteiger charge is -1.95. The molecule has 0 aliphatic heterocycles. The zero-order valence-electron chi connectivity index (χ0n) is 8.01. The second kappa shape index (κ2) is 5.37. The van der Waals surface area contributed by atoms with E-state index >= 15 is 0 Å². The van der Waals surface area contributed by atoms with Crippen LogP contribution in [0.25, 0.3) is 10.9 Å². The van der Waals surface area contributed by atoms with Gasteiger partial charge in [0.15, 0.2) is 0 Å². The number of hydrogen-bond donors (Lipinski definition) is 2. The van der Waals surface area contributed by atoms with Crippen LogP contribution in [0.15, 0.2) is 36.5 Å². The van der Waals surface area contributed by atoms with E-state index in [2.05, 4.69) is 30.1 Å². The Morgan fingerprint density at radius 3 is 2.64 bits per heavy atom. The van der Waals surface area contributed by atoms with Gasteiger partial charge >= 0.3 is 7.69 Å². The van der Waals surface area contributed by atoms with E-state index in [9.17, 15) is 0 Å². The average molecular weight is 189 g/mol. The van der Waals surface area contributed by atoms with E-state index in [0.717, 1.165) is 5.52 Å². The Labute approximate surface area is 83.3 Å². The predicted molar refractivity (Wildman–Crippen MR) is 58.1 cm³/mol. The SMILES string of the molecule is Cc1ccc2ncccc2c1.OBO. The maximum absolute atomic E-state index is 7.12. The second-order valence-corrected chi connectivity index (χ2v) is 2.84. The van der Waals surface area contributed by atoms with E-state index < -0.39 is 7.69 Å². The maximum atomic E-state index is 7.12. The Morgan fingerprint density at radius 2 is 1.93 bits per heavy atom. The molecule has 0 aliphatic carbocycles. The van der Waals surface area contributed by atoms with Crippen LogP contribution >= 0.6 is 0 Å². The molecule has 4 heteroatoms. The molecule has 0 amide bonds. The molecule has 0 atom stereocenters. The minimum absolute atomic E-state index is 0.750. The molecule has 0 fully saturated rings. The summed E-state index contributed by atoms with van der Waals surface area (Å²) >= 11 is 0. The number of aromatic nitrogens is 1. The zero-order valence-corrected chi connectivity index (χ0v) is 8.01. The van der Waals surface area contributed by atoms with Gasteiger partial charge in [-0.1, -0.05) is 17.7 Å². The van der Waals surface area contributed by atoms with E-state index in [0.29, 0.717) is 0 Å². The lowest BCUT2D eigenvalue weighted by atomic mass is 10.1. The molecule has 2 aromatic rings. The summed E-state index contributed by atoms with van der Waals surface area (Å²) in [4.78, 5) is 4.22. The quantitative estimate of drug-likeness (QED) is 0.602. The van der Waals surface area contributed by atoms with Crippen LogP contribution in [-0.4, -0.2) is 22.7 Å². The molecule has 2 rings (SSSR count). The monoisotopic (exact) mass is 189 g/mol. The highest BCUT2D eigenvalue weighted by atomic mass is 16.4. The minimum Gasteiger partial charge on any atom is -0.430 e. The average Bonchev–Trinajstić information content (AvgIpc) is 2.19. The first-order valence-corrected chi connectivity index (χ1v) is 4.31. The first-order chi connectivity index (χ1) is 6.77. The Balaban J connectivity index is 0.000000293. The van der Waals surface area contributed by atoms with Crippen molar-refractivity contribution in [3.05, 3.63) is 42.1 Å². The van der Waals surface area contributed by atoms with Gasteiger partial charge in [0.25, 0.3) is 0 Å². The number of hydrogen-bond acceptors (Lipinski definition) is 3. The second-order valence-electron chi connectivity index (χ2n) is 2.84. The molecule has 0 saturated carbocycles. The van der Waals surface area contributed by atoms with Crippen molar-refractivity contribution in [1.29, 1.82) is 0 Å². The summed E-state index contributed by atoms with van der Waals surface area (Å²) in [6.45, 7) is 2.09. The van der Waals surface area contributed by atoms with Crippen LogP contribution < -0.4 is 0 Å². The van der Waals surface area contributed by atoms with Crippen molar-refractivity contribution in [3.8, 4) is 0 Å². The van der Waals surface area contributed by atoms with Crippen LogP contribution in [0, 0.1) is 6.92 Å². The van der Waals surface area contributed by atoms with Crippen molar-refractivity contribution in [2.45, 2.75) is 6.92 Å². The largest absolute Gasteiger partial charge is 0.432 e. The molecule has 1 aromatic carbocycles. The molecule has 1 heterocycles. The van der Waals surface area contributed by atoms with Crippen LogP contribution in [0.3, 0.4) is 0 Å². The van der Waals surface area contributed by atoms with Crippen LogP contribution in [0.2, 0.25) is 0 Å². The molecule has 2 N–H and O–H groups in total. The van der Waals surface area contributed by atoms with E-state index in [1.54, 1.807) is 0 Å². The number of rotatable bonds is 0. The van der Waals surface area contributed by atoms with E-state index in [-0.39, 0.29) is 0 Å². The van der Waals surface area contributed by atoms with Crippen molar-refractivity contribution < 1.29 is 10.0 Å². The van der Waals surface area contributed by atoms with Gasteiger partial charge in [0, 0.05) is 11.6 Å². The Morgan fingerprint density at radius 1 is 1.21 bits per heavy atom. The molecule has 0 unspecified atom stereocenters. The van der Waals surface area contributed by atoms with E-state index in [1.165, 1.54) is 10.9 Å². The van der Waals surface area contributed by atoms with Crippen LogP contribution in [-0.2, 0) is 0 Å². The van der Waals surface area contributed by atoms with Gasteiger partial charge in [-0.05, 0) is 25.1 Å². The number of pyridine rings is 1. The molecule has 0 radical (unpaired) electrons. The van der Waals surface area contributed by atoms with Gasteiger partial charge in [0.1, 0.15) is 0 Å². The van der Waals surface area contributed by atoms with Gasteiger partial charge in [-0.3, -0.25) is 4.98 Å². The summed E-state index contributed by atoms with van der Waals surface area (Å²) in [5.74, 6) is 0. The fourth-order valence-corrected chi connectivity index (χ4v) is 1.20. The smallest absolute Gasteiger partial charge is 0.430 e. The normalized spacial score (nSPS) is 9.07. The summed E-state index contributed by atoms with van der Waals surface area (Å²) < 4.78 is 0. The predicted octanol–water partition coefficient (Wildman–Crippen LogP) is 0.781. The van der Waals surface area contributed by atoms with Crippen LogP contribution in [0.1, 0.15) is 5.56 Å². The molecule has 0 bridgehead atoms. The van der Waals surface area contributed by atoms with Crippen LogP contribution in [0.4, 0.5) is 0 Å². The van der Waals surface area contributed by atoms with E-state index in [1.807, 2.05) is 18.3 Å². The van der Waals surface area contributed by atoms with Gasteiger partial charge in [-0.15, -0.1) is 0 Å². The van der Waals surface area contributed by atoms with Gasteiger partial charge in [-0.25, -0.2) is 0 Å². The van der Waals surface area contributed by atoms with Gasteiger partial charge in [0.2, 0.25) is 0 Å². The third kappa shape index (κ3) is 2.83. The molecule has 0 spiro atoms. The van der Waals surface area contributed by atoms with Gasteiger partial charge in [-0.2, -0.15) is 0 Å². The first kappa shape index (κ1) is 10.7. The number of benzene rings is 1. The van der Waals surface area contributed by atoms with E-state index in [4.69, 9.17) is 10.0 Å². The van der Waals surface area contributed by atoms with Crippen molar-refractivity contribution in [2.75, 3.05) is 0 Å². The fourth-order valence-electron chi connectivity index (χ4n) is 1.20. The number of fused-ring (bicyclic) bond motifs is 1. The molecule has 3 nitrogen and oxygen atoms in total. The molecule has 14 heavy (non-hydrogen) atoms. The van der Waals surface area contributed by atoms with Gasteiger partial charge in [0.05, 0.1) is 5.52 Å². The molecule has 1 aromatic heterocycles. The fraction of sp³-hybridized carbons (Fsp3) is 0.100. The first-order valence-electron chi connectivity index (χ1n) is 4.31. The Bertz CT molecular complexity index is 406. The topological polar surface area (TPSA) is 53.4 Å². The maximum Gasteiger partial charge on any atom is 0.432 e.